The summed E-state index contributed by atoms with van der Waals surface area (Å²) in [7, 11) is -4.48. The molecule has 44 heavy (non-hydrogen) atoms. The number of hydrogen-bond acceptors (Lipinski definition) is 7. The summed E-state index contributed by atoms with van der Waals surface area (Å²) in [5.74, 6) is 0.104. The Kier molecular flexibility index (Phi) is 31.7. The van der Waals surface area contributed by atoms with Gasteiger partial charge in [0.1, 0.15) is 12.2 Å². The first-order chi connectivity index (χ1) is 21.3. The van der Waals surface area contributed by atoms with Crippen molar-refractivity contribution in [2.75, 3.05) is 19.8 Å². The van der Waals surface area contributed by atoms with E-state index in [4.69, 9.17) is 32.1 Å². The molecule has 0 aliphatic heterocycles. The van der Waals surface area contributed by atoms with E-state index < -0.39 is 33.2 Å². The predicted octanol–water partition coefficient (Wildman–Crippen LogP) is 9.97. The number of aliphatic hydroxyl groups excluding tert-OH is 2. The van der Waals surface area contributed by atoms with E-state index in [-0.39, 0.29) is 12.5 Å². The average molecular weight is 666 g/mol. The molecule has 0 aromatic carbocycles. The molecule has 0 aliphatic carbocycles. The fourth-order valence-electron chi connectivity index (χ4n) is 5.79. The van der Waals surface area contributed by atoms with Crippen molar-refractivity contribution >= 4 is 24.9 Å². The van der Waals surface area contributed by atoms with Crippen LogP contribution in [0.15, 0.2) is 0 Å². The van der Waals surface area contributed by atoms with Gasteiger partial charge < -0.3 is 20.8 Å². The quantitative estimate of drug-likeness (QED) is 0.0300. The third-order valence-electron chi connectivity index (χ3n) is 8.65. The Morgan fingerprint density at radius 3 is 1.34 bits per heavy atom. The van der Waals surface area contributed by atoms with Crippen molar-refractivity contribution in [2.24, 2.45) is 11.7 Å². The van der Waals surface area contributed by atoms with Crippen LogP contribution in [-0.4, -0.2) is 51.9 Å². The van der Waals surface area contributed by atoms with Gasteiger partial charge in [0.15, 0.2) is 0 Å². The first kappa shape index (κ1) is 44.1. The minimum absolute atomic E-state index is 0.0112. The molecule has 7 nitrogen and oxygen atoms in total. The van der Waals surface area contributed by atoms with Crippen LogP contribution in [0.4, 0.5) is 0 Å². The van der Waals surface area contributed by atoms with Crippen molar-refractivity contribution < 1.29 is 28.7 Å². The van der Waals surface area contributed by atoms with Crippen LogP contribution in [0.5, 0.6) is 0 Å². The van der Waals surface area contributed by atoms with Gasteiger partial charge in [-0.25, -0.2) is 4.57 Å². The second-order valence-electron chi connectivity index (χ2n) is 12.9. The van der Waals surface area contributed by atoms with E-state index in [0.29, 0.717) is 4.86 Å². The molecule has 0 saturated heterocycles. The zero-order valence-corrected chi connectivity index (χ0v) is 30.4. The minimum Gasteiger partial charge on any atom is -0.394 e. The van der Waals surface area contributed by atoms with E-state index in [1.54, 1.807) is 0 Å². The number of phosphoric acid groups is 1. The lowest BCUT2D eigenvalue weighted by molar-refractivity contribution is 0.0339. The highest BCUT2D eigenvalue weighted by Crippen LogP contribution is 2.45. The molecule has 0 bridgehead atoms. The van der Waals surface area contributed by atoms with E-state index in [9.17, 15) is 14.6 Å². The summed E-state index contributed by atoms with van der Waals surface area (Å²) in [5.41, 5.74) is 5.95. The van der Waals surface area contributed by atoms with E-state index in [1.807, 2.05) is 0 Å². The molecule has 9 heteroatoms. The van der Waals surface area contributed by atoms with Crippen molar-refractivity contribution in [3.05, 3.63) is 0 Å². The fourth-order valence-corrected chi connectivity index (χ4v) is 7.18. The normalized spacial score (nSPS) is 14.6. The van der Waals surface area contributed by atoms with Crippen LogP contribution in [0.2, 0.25) is 0 Å². The van der Waals surface area contributed by atoms with E-state index in [1.165, 1.54) is 141 Å². The molecule has 0 aliphatic rings. The van der Waals surface area contributed by atoms with Gasteiger partial charge in [-0.05, 0) is 18.8 Å². The molecule has 264 valence electrons. The van der Waals surface area contributed by atoms with Crippen LogP contribution < -0.4 is 5.73 Å². The van der Waals surface area contributed by atoms with Gasteiger partial charge in [-0.1, -0.05) is 180 Å². The number of unbranched alkanes of at least 4 members (excludes halogenated alkanes) is 22. The van der Waals surface area contributed by atoms with Gasteiger partial charge in [0.05, 0.1) is 13.2 Å². The minimum atomic E-state index is -4.48. The van der Waals surface area contributed by atoms with Gasteiger partial charge in [0.2, 0.25) is 0 Å². The van der Waals surface area contributed by atoms with Gasteiger partial charge in [-0.2, -0.15) is 0 Å². The number of phosphoric ester groups is 1. The van der Waals surface area contributed by atoms with E-state index in [0.717, 1.165) is 25.7 Å². The van der Waals surface area contributed by atoms with Crippen LogP contribution in [0, 0.1) is 5.92 Å². The molecule has 0 saturated carbocycles. The first-order valence-corrected chi connectivity index (χ1v) is 20.4. The topological polar surface area (TPSA) is 122 Å². The lowest BCUT2D eigenvalue weighted by Crippen LogP contribution is -2.35. The van der Waals surface area contributed by atoms with Crippen LogP contribution >= 0.6 is 20.0 Å². The molecular formula is C35H72NO6PS. The highest BCUT2D eigenvalue weighted by Gasteiger charge is 2.31. The van der Waals surface area contributed by atoms with E-state index >= 15 is 0 Å². The van der Waals surface area contributed by atoms with Crippen LogP contribution in [0.3, 0.4) is 0 Å². The molecule has 3 atom stereocenters. The van der Waals surface area contributed by atoms with Gasteiger partial charge in [0.25, 0.3) is 0 Å². The average Bonchev–Trinajstić information content (AvgIpc) is 3.02. The SMILES string of the molecule is CCCCCCCCCCCCCCC(CCCCCCCCCCCCCC)C(=S)C(CN)OP(=O)(O)OC[C@H](O)CO. The maximum absolute atomic E-state index is 12.5. The Bertz CT molecular complexity index is 658. The molecule has 0 spiro atoms. The standard InChI is InChI=1S/C35H72NO6PS/c1-3-5-7-9-11-13-15-17-19-21-23-25-27-32(28-26-24-22-20-18-16-14-12-10-8-6-4-2)35(44)34(29-36)42-43(39,40)41-31-33(38)30-37/h32-34,37-38H,3-31,36H2,1-2H3,(H,39,40)/t33-,34?/m1/s1. The van der Waals surface area contributed by atoms with Crippen molar-refractivity contribution in [3.8, 4) is 0 Å². The van der Waals surface area contributed by atoms with Crippen LogP contribution in [0.1, 0.15) is 181 Å². The Morgan fingerprint density at radius 2 is 1.02 bits per heavy atom. The van der Waals surface area contributed by atoms with Gasteiger partial charge in [-0.3, -0.25) is 9.05 Å². The van der Waals surface area contributed by atoms with Gasteiger partial charge in [0, 0.05) is 11.4 Å². The van der Waals surface area contributed by atoms with Crippen LogP contribution in [0.25, 0.3) is 0 Å². The van der Waals surface area contributed by atoms with Crippen molar-refractivity contribution in [3.63, 3.8) is 0 Å². The molecule has 5 N–H and O–H groups in total. The summed E-state index contributed by atoms with van der Waals surface area (Å²) in [5, 5.41) is 18.4. The molecule has 2 unspecified atom stereocenters. The number of rotatable bonds is 35. The summed E-state index contributed by atoms with van der Waals surface area (Å²) in [6, 6.07) is 0. The van der Waals surface area contributed by atoms with Crippen LogP contribution in [-0.2, 0) is 13.6 Å². The molecule has 0 aromatic heterocycles. The summed E-state index contributed by atoms with van der Waals surface area (Å²) in [4.78, 5) is 10.8. The van der Waals surface area contributed by atoms with Gasteiger partial charge >= 0.3 is 7.82 Å². The van der Waals surface area contributed by atoms with Crippen molar-refractivity contribution in [1.82, 2.24) is 0 Å². The largest absolute Gasteiger partial charge is 0.472 e. The Hall–Kier alpha value is 0.0800. The third-order valence-corrected chi connectivity index (χ3v) is 10.2. The van der Waals surface area contributed by atoms with Crippen molar-refractivity contribution in [1.29, 1.82) is 0 Å². The Labute approximate surface area is 277 Å². The molecule has 0 amide bonds. The Morgan fingerprint density at radius 1 is 0.682 bits per heavy atom. The molecule has 0 rings (SSSR count). The number of nitrogens with two attached hydrogens (primary N) is 1. The maximum Gasteiger partial charge on any atom is 0.472 e. The zero-order chi connectivity index (χ0) is 32.7. The highest BCUT2D eigenvalue weighted by atomic mass is 32.1. The maximum atomic E-state index is 12.5. The number of thiocarbonyl (C=S) groups is 1. The van der Waals surface area contributed by atoms with Gasteiger partial charge in [-0.15, -0.1) is 0 Å². The number of hydrogen-bond donors (Lipinski definition) is 4. The lowest BCUT2D eigenvalue weighted by Gasteiger charge is -2.26. The molecule has 0 aromatic rings. The summed E-state index contributed by atoms with van der Waals surface area (Å²) < 4.78 is 22.7. The summed E-state index contributed by atoms with van der Waals surface area (Å²) in [6.45, 7) is 3.44. The van der Waals surface area contributed by atoms with Crippen molar-refractivity contribution in [2.45, 2.75) is 193 Å². The highest BCUT2D eigenvalue weighted by molar-refractivity contribution is 7.80. The smallest absolute Gasteiger partial charge is 0.394 e. The summed E-state index contributed by atoms with van der Waals surface area (Å²) in [6.07, 6.45) is 30.9. The zero-order valence-electron chi connectivity index (χ0n) is 28.7. The monoisotopic (exact) mass is 665 g/mol. The second kappa shape index (κ2) is 31.7. The fraction of sp³-hybridized carbons (Fsp3) is 0.971. The molecule has 0 radical (unpaired) electrons. The molecule has 0 heterocycles. The second-order valence-corrected chi connectivity index (χ2v) is 14.8. The first-order valence-electron chi connectivity index (χ1n) is 18.5. The summed E-state index contributed by atoms with van der Waals surface area (Å²) >= 11 is 5.81. The molecule has 0 fully saturated rings. The number of aliphatic hydroxyl groups is 2. The van der Waals surface area contributed by atoms with E-state index in [2.05, 4.69) is 13.8 Å². The predicted molar refractivity (Wildman–Crippen MR) is 190 cm³/mol. The molecular weight excluding hydrogens is 593 g/mol. The third kappa shape index (κ3) is 27.2. The Balaban J connectivity index is 4.59. The lowest BCUT2D eigenvalue weighted by atomic mass is 9.89.